The number of benzene rings is 2. The number of amides is 2. The lowest BCUT2D eigenvalue weighted by molar-refractivity contribution is -0.135. The first kappa shape index (κ1) is 21.6. The quantitative estimate of drug-likeness (QED) is 0.478. The van der Waals surface area contributed by atoms with Crippen molar-refractivity contribution in [2.45, 2.75) is 5.92 Å². The molecule has 0 unspecified atom stereocenters. The summed E-state index contributed by atoms with van der Waals surface area (Å²) in [5.74, 6) is -1.91. The SMILES string of the molecule is Cn1nc(Br)c(C(=O)NCC(=O)O)c1NC(=O)OCC1c2ccccc2-c2ccccc21. The van der Waals surface area contributed by atoms with Crippen molar-refractivity contribution in [1.82, 2.24) is 15.1 Å². The van der Waals surface area contributed by atoms with Gasteiger partial charge >= 0.3 is 12.1 Å². The van der Waals surface area contributed by atoms with Crippen LogP contribution >= 0.6 is 15.9 Å². The second-order valence-corrected chi connectivity index (χ2v) is 7.92. The summed E-state index contributed by atoms with van der Waals surface area (Å²) in [4.78, 5) is 35.7. The van der Waals surface area contributed by atoms with E-state index in [1.807, 2.05) is 48.5 Å². The summed E-state index contributed by atoms with van der Waals surface area (Å²) in [6.45, 7) is -0.454. The van der Waals surface area contributed by atoms with E-state index >= 15 is 0 Å². The van der Waals surface area contributed by atoms with Gasteiger partial charge in [-0.15, -0.1) is 0 Å². The highest BCUT2D eigenvalue weighted by molar-refractivity contribution is 9.10. The Balaban J connectivity index is 1.49. The summed E-state index contributed by atoms with van der Waals surface area (Å²) in [6, 6.07) is 16.0. The van der Waals surface area contributed by atoms with Crippen LogP contribution in [0.4, 0.5) is 10.6 Å². The van der Waals surface area contributed by atoms with Crippen LogP contribution in [0.1, 0.15) is 27.4 Å². The number of hydrogen-bond donors (Lipinski definition) is 3. The number of carboxylic acid groups (broad SMARTS) is 1. The number of aliphatic carboxylic acids is 1. The van der Waals surface area contributed by atoms with E-state index in [4.69, 9.17) is 9.84 Å². The molecule has 32 heavy (non-hydrogen) atoms. The molecule has 1 aliphatic carbocycles. The Kier molecular flexibility index (Phi) is 5.95. The number of hydrogen-bond acceptors (Lipinski definition) is 5. The molecule has 0 fully saturated rings. The first-order valence-electron chi connectivity index (χ1n) is 9.71. The number of rotatable bonds is 6. The maximum Gasteiger partial charge on any atom is 0.412 e. The van der Waals surface area contributed by atoms with Crippen LogP contribution in [0.15, 0.2) is 53.1 Å². The fourth-order valence-electron chi connectivity index (χ4n) is 3.81. The lowest BCUT2D eigenvalue weighted by Crippen LogP contribution is -2.30. The van der Waals surface area contributed by atoms with Gasteiger partial charge < -0.3 is 15.2 Å². The number of ether oxygens (including phenoxy) is 1. The van der Waals surface area contributed by atoms with Crippen LogP contribution in [-0.4, -0.2) is 46.0 Å². The smallest absolute Gasteiger partial charge is 0.412 e. The molecule has 0 saturated carbocycles. The van der Waals surface area contributed by atoms with Gasteiger partial charge in [-0.1, -0.05) is 48.5 Å². The van der Waals surface area contributed by atoms with Gasteiger partial charge in [0.05, 0.1) is 0 Å². The van der Waals surface area contributed by atoms with Crippen molar-refractivity contribution >= 4 is 39.7 Å². The lowest BCUT2D eigenvalue weighted by Gasteiger charge is -2.15. The Hall–Kier alpha value is -3.66. The van der Waals surface area contributed by atoms with Crippen molar-refractivity contribution in [3.05, 3.63) is 69.8 Å². The van der Waals surface area contributed by atoms with E-state index < -0.39 is 24.5 Å². The summed E-state index contributed by atoms with van der Waals surface area (Å²) >= 11 is 3.16. The number of carbonyl (C=O) groups excluding carboxylic acids is 2. The molecule has 0 atom stereocenters. The number of nitrogens with zero attached hydrogens (tertiary/aromatic N) is 2. The molecule has 164 valence electrons. The Bertz CT molecular complexity index is 1180. The summed E-state index contributed by atoms with van der Waals surface area (Å²) in [5.41, 5.74) is 4.40. The molecule has 0 radical (unpaired) electrons. The van der Waals surface area contributed by atoms with Crippen LogP contribution in [0.5, 0.6) is 0 Å². The van der Waals surface area contributed by atoms with E-state index in [1.165, 1.54) is 11.7 Å². The molecule has 2 amide bonds. The van der Waals surface area contributed by atoms with Crippen molar-refractivity contribution in [3.63, 3.8) is 0 Å². The second-order valence-electron chi connectivity index (χ2n) is 7.16. The highest BCUT2D eigenvalue weighted by Crippen LogP contribution is 2.44. The standard InChI is InChI=1S/C22H19BrN4O5/c1-27-20(18(19(23)26-27)21(30)24-10-17(28)29)25-22(31)32-11-16-14-8-4-2-6-12(14)13-7-3-5-9-15(13)16/h2-9,16H,10-11H2,1H3,(H,24,30)(H,25,31)(H,28,29). The molecule has 4 rings (SSSR count). The van der Waals surface area contributed by atoms with Gasteiger partial charge in [0.1, 0.15) is 29.1 Å². The summed E-state index contributed by atoms with van der Waals surface area (Å²) in [5, 5.41) is 17.6. The van der Waals surface area contributed by atoms with Gasteiger partial charge in [-0.2, -0.15) is 5.10 Å². The highest BCUT2D eigenvalue weighted by atomic mass is 79.9. The zero-order valence-corrected chi connectivity index (χ0v) is 18.5. The van der Waals surface area contributed by atoms with Crippen LogP contribution in [0.25, 0.3) is 11.1 Å². The number of anilines is 1. The van der Waals surface area contributed by atoms with Gasteiger partial charge in [-0.25, -0.2) is 4.79 Å². The third-order valence-electron chi connectivity index (χ3n) is 5.20. The van der Waals surface area contributed by atoms with E-state index in [1.54, 1.807) is 0 Å². The van der Waals surface area contributed by atoms with Crippen LogP contribution in [0.3, 0.4) is 0 Å². The molecule has 0 aliphatic heterocycles. The number of fused-ring (bicyclic) bond motifs is 3. The molecule has 0 spiro atoms. The van der Waals surface area contributed by atoms with Crippen molar-refractivity contribution in [3.8, 4) is 11.1 Å². The van der Waals surface area contributed by atoms with E-state index in [0.717, 1.165) is 22.3 Å². The average Bonchev–Trinajstić information content (AvgIpc) is 3.24. The zero-order chi connectivity index (χ0) is 22.8. The maximum absolute atomic E-state index is 12.6. The Morgan fingerprint density at radius 1 is 1.09 bits per heavy atom. The number of aryl methyl sites for hydroxylation is 1. The summed E-state index contributed by atoms with van der Waals surface area (Å²) in [6.07, 6.45) is -0.755. The molecule has 1 aromatic heterocycles. The van der Waals surface area contributed by atoms with E-state index in [0.29, 0.717) is 0 Å². The minimum atomic E-state index is -1.19. The molecule has 0 saturated heterocycles. The lowest BCUT2D eigenvalue weighted by atomic mass is 9.98. The minimum absolute atomic E-state index is 0.00209. The molecule has 9 nitrogen and oxygen atoms in total. The van der Waals surface area contributed by atoms with Gasteiger partial charge in [0.15, 0.2) is 0 Å². The molecule has 0 bridgehead atoms. The second kappa shape index (κ2) is 8.83. The van der Waals surface area contributed by atoms with Crippen molar-refractivity contribution in [2.75, 3.05) is 18.5 Å². The van der Waals surface area contributed by atoms with Crippen molar-refractivity contribution in [2.24, 2.45) is 7.05 Å². The zero-order valence-electron chi connectivity index (χ0n) is 17.0. The molecule has 3 N–H and O–H groups in total. The fraction of sp³-hybridized carbons (Fsp3) is 0.182. The maximum atomic E-state index is 12.6. The largest absolute Gasteiger partial charge is 0.480 e. The first-order valence-corrected chi connectivity index (χ1v) is 10.5. The third-order valence-corrected chi connectivity index (χ3v) is 5.75. The van der Waals surface area contributed by atoms with Crippen LogP contribution in [-0.2, 0) is 16.6 Å². The number of aromatic nitrogens is 2. The highest BCUT2D eigenvalue weighted by Gasteiger charge is 2.29. The van der Waals surface area contributed by atoms with Gasteiger partial charge in [-0.05, 0) is 38.2 Å². The van der Waals surface area contributed by atoms with E-state index in [-0.39, 0.29) is 28.5 Å². The molecule has 10 heteroatoms. The monoisotopic (exact) mass is 498 g/mol. The molecule has 3 aromatic rings. The number of carbonyl (C=O) groups is 3. The molecular weight excluding hydrogens is 480 g/mol. The van der Waals surface area contributed by atoms with E-state index in [9.17, 15) is 14.4 Å². The predicted molar refractivity (Wildman–Crippen MR) is 120 cm³/mol. The number of halogens is 1. The molecular formula is C22H19BrN4O5. The van der Waals surface area contributed by atoms with Gasteiger partial charge in [0, 0.05) is 13.0 Å². The Labute approximate surface area is 191 Å². The Morgan fingerprint density at radius 2 is 1.69 bits per heavy atom. The first-order chi connectivity index (χ1) is 15.4. The summed E-state index contributed by atoms with van der Waals surface area (Å²) in [7, 11) is 1.54. The van der Waals surface area contributed by atoms with Crippen molar-refractivity contribution < 1.29 is 24.2 Å². The normalized spacial score (nSPS) is 12.1. The fourth-order valence-corrected chi connectivity index (χ4v) is 4.42. The van der Waals surface area contributed by atoms with Gasteiger partial charge in [-0.3, -0.25) is 19.6 Å². The Morgan fingerprint density at radius 3 is 2.28 bits per heavy atom. The van der Waals surface area contributed by atoms with Crippen molar-refractivity contribution in [1.29, 1.82) is 0 Å². The van der Waals surface area contributed by atoms with Crippen LogP contribution in [0.2, 0.25) is 0 Å². The molecule has 1 heterocycles. The van der Waals surface area contributed by atoms with Crippen LogP contribution < -0.4 is 10.6 Å². The topological polar surface area (TPSA) is 123 Å². The van der Waals surface area contributed by atoms with Gasteiger partial charge in [0.2, 0.25) is 0 Å². The molecule has 1 aliphatic rings. The minimum Gasteiger partial charge on any atom is -0.480 e. The van der Waals surface area contributed by atoms with Gasteiger partial charge in [0.25, 0.3) is 5.91 Å². The number of carboxylic acids is 1. The third kappa shape index (κ3) is 4.09. The predicted octanol–water partition coefficient (Wildman–Crippen LogP) is 3.36. The summed E-state index contributed by atoms with van der Waals surface area (Å²) < 4.78 is 6.97. The van der Waals surface area contributed by atoms with Crippen LogP contribution in [0, 0.1) is 0 Å². The number of nitrogens with one attached hydrogen (secondary N) is 2. The van der Waals surface area contributed by atoms with E-state index in [2.05, 4.69) is 31.7 Å². The average molecular weight is 499 g/mol. The molecule has 2 aromatic carbocycles.